The highest BCUT2D eigenvalue weighted by Crippen LogP contribution is 2.26. The number of hydrogen-bond donors (Lipinski definition) is 2. The number of benzene rings is 1. The SMILES string of the molecule is CC(C)Nc1cccc2nc(C(C)C)ccc12.CC(C)Nc1ccnc2nc(N3CCCC3)ccc12. The first-order valence-corrected chi connectivity index (χ1v) is 13.2. The topological polar surface area (TPSA) is 66.0 Å². The Morgan fingerprint density at radius 2 is 1.39 bits per heavy atom. The molecule has 36 heavy (non-hydrogen) atoms. The molecule has 4 aromatic rings. The number of pyridine rings is 3. The van der Waals surface area contributed by atoms with Crippen LogP contribution in [0.3, 0.4) is 0 Å². The lowest BCUT2D eigenvalue weighted by Gasteiger charge is -2.17. The molecule has 0 atom stereocenters. The average molecular weight is 485 g/mol. The van der Waals surface area contributed by atoms with E-state index in [-0.39, 0.29) is 0 Å². The summed E-state index contributed by atoms with van der Waals surface area (Å²) in [7, 11) is 0. The second-order valence-corrected chi connectivity index (χ2v) is 10.5. The van der Waals surface area contributed by atoms with Gasteiger partial charge in [-0.15, -0.1) is 0 Å². The lowest BCUT2D eigenvalue weighted by molar-refractivity contribution is 0.830. The highest BCUT2D eigenvalue weighted by Gasteiger charge is 2.14. The number of nitrogens with zero attached hydrogens (tertiary/aromatic N) is 4. The first-order chi connectivity index (χ1) is 17.3. The van der Waals surface area contributed by atoms with E-state index < -0.39 is 0 Å². The molecule has 4 heterocycles. The summed E-state index contributed by atoms with van der Waals surface area (Å²) in [6.45, 7) is 15.1. The first-order valence-electron chi connectivity index (χ1n) is 13.2. The Hall–Kier alpha value is -3.41. The largest absolute Gasteiger partial charge is 0.382 e. The molecule has 0 radical (unpaired) electrons. The van der Waals surface area contributed by atoms with E-state index >= 15 is 0 Å². The normalized spacial score (nSPS) is 13.5. The van der Waals surface area contributed by atoms with Crippen LogP contribution in [-0.4, -0.2) is 40.1 Å². The van der Waals surface area contributed by atoms with Crippen LogP contribution in [0.15, 0.2) is 54.7 Å². The molecule has 0 spiro atoms. The molecule has 1 fully saturated rings. The Labute approximate surface area is 215 Å². The third kappa shape index (κ3) is 6.23. The minimum atomic E-state index is 0.406. The van der Waals surface area contributed by atoms with Crippen LogP contribution in [0.2, 0.25) is 0 Å². The molecule has 0 aliphatic carbocycles. The maximum Gasteiger partial charge on any atom is 0.163 e. The number of nitrogens with one attached hydrogen (secondary N) is 2. The Balaban J connectivity index is 0.000000170. The molecule has 6 nitrogen and oxygen atoms in total. The highest BCUT2D eigenvalue weighted by molar-refractivity contribution is 5.91. The van der Waals surface area contributed by atoms with Crippen LogP contribution in [0.25, 0.3) is 21.9 Å². The molecule has 0 saturated carbocycles. The third-order valence-electron chi connectivity index (χ3n) is 6.25. The van der Waals surface area contributed by atoms with Gasteiger partial charge in [-0.25, -0.2) is 9.97 Å². The Morgan fingerprint density at radius 1 is 0.722 bits per heavy atom. The smallest absolute Gasteiger partial charge is 0.163 e. The Kier molecular flexibility index (Phi) is 8.24. The second-order valence-electron chi connectivity index (χ2n) is 10.5. The van der Waals surface area contributed by atoms with Crippen LogP contribution in [0.1, 0.15) is 66.0 Å². The van der Waals surface area contributed by atoms with E-state index in [1.807, 2.05) is 12.3 Å². The average Bonchev–Trinajstić information content (AvgIpc) is 3.39. The fourth-order valence-electron chi connectivity index (χ4n) is 4.51. The number of fused-ring (bicyclic) bond motifs is 2. The maximum absolute atomic E-state index is 4.70. The third-order valence-corrected chi connectivity index (χ3v) is 6.25. The molecule has 2 N–H and O–H groups in total. The van der Waals surface area contributed by atoms with Gasteiger partial charge in [0, 0.05) is 59.2 Å². The van der Waals surface area contributed by atoms with Crippen molar-refractivity contribution in [1.82, 2.24) is 15.0 Å². The van der Waals surface area contributed by atoms with Crippen molar-refractivity contribution >= 4 is 39.1 Å². The molecule has 190 valence electrons. The molecule has 1 aromatic carbocycles. The summed E-state index contributed by atoms with van der Waals surface area (Å²) >= 11 is 0. The minimum Gasteiger partial charge on any atom is -0.382 e. The van der Waals surface area contributed by atoms with Crippen molar-refractivity contribution < 1.29 is 0 Å². The van der Waals surface area contributed by atoms with Crippen molar-refractivity contribution in [3.05, 3.63) is 60.4 Å². The molecular weight excluding hydrogens is 444 g/mol. The molecule has 1 saturated heterocycles. The summed E-state index contributed by atoms with van der Waals surface area (Å²) in [5, 5.41) is 9.20. The molecule has 6 heteroatoms. The van der Waals surface area contributed by atoms with Crippen LogP contribution >= 0.6 is 0 Å². The predicted octanol–water partition coefficient (Wildman–Crippen LogP) is 7.23. The second kappa shape index (κ2) is 11.5. The van der Waals surface area contributed by atoms with Crippen LogP contribution in [0.5, 0.6) is 0 Å². The molecule has 1 aliphatic rings. The van der Waals surface area contributed by atoms with Crippen molar-refractivity contribution in [2.45, 2.75) is 72.4 Å². The van der Waals surface area contributed by atoms with E-state index in [0.29, 0.717) is 18.0 Å². The number of hydrogen-bond acceptors (Lipinski definition) is 6. The zero-order valence-electron chi connectivity index (χ0n) is 22.5. The fraction of sp³-hybridized carbons (Fsp3) is 0.433. The summed E-state index contributed by atoms with van der Waals surface area (Å²) in [6.07, 6.45) is 4.36. The van der Waals surface area contributed by atoms with Gasteiger partial charge in [-0.2, -0.15) is 0 Å². The number of aromatic nitrogens is 3. The van der Waals surface area contributed by atoms with Gasteiger partial charge in [0.1, 0.15) is 5.82 Å². The van der Waals surface area contributed by atoms with Crippen LogP contribution in [0.4, 0.5) is 17.2 Å². The van der Waals surface area contributed by atoms with E-state index in [9.17, 15) is 0 Å². The molecule has 0 amide bonds. The summed E-state index contributed by atoms with van der Waals surface area (Å²) in [6, 6.07) is 17.6. The van der Waals surface area contributed by atoms with Gasteiger partial charge in [0.25, 0.3) is 0 Å². The van der Waals surface area contributed by atoms with Crippen LogP contribution < -0.4 is 15.5 Å². The van der Waals surface area contributed by atoms with Crippen LogP contribution in [-0.2, 0) is 0 Å². The molecule has 5 rings (SSSR count). The van der Waals surface area contributed by atoms with E-state index in [1.54, 1.807) is 0 Å². The highest BCUT2D eigenvalue weighted by atomic mass is 15.2. The van der Waals surface area contributed by atoms with Crippen molar-refractivity contribution in [1.29, 1.82) is 0 Å². The molecule has 1 aliphatic heterocycles. The monoisotopic (exact) mass is 484 g/mol. The van der Waals surface area contributed by atoms with Crippen LogP contribution in [0, 0.1) is 0 Å². The minimum absolute atomic E-state index is 0.406. The van der Waals surface area contributed by atoms with Gasteiger partial charge in [-0.05, 0) is 88.9 Å². The van der Waals surface area contributed by atoms with E-state index in [4.69, 9.17) is 9.97 Å². The lowest BCUT2D eigenvalue weighted by atomic mass is 10.1. The maximum atomic E-state index is 4.70. The Bertz CT molecular complexity index is 1290. The van der Waals surface area contributed by atoms with Crippen molar-refractivity contribution in [3.63, 3.8) is 0 Å². The summed E-state index contributed by atoms with van der Waals surface area (Å²) in [4.78, 5) is 16.1. The fourth-order valence-corrected chi connectivity index (χ4v) is 4.51. The lowest BCUT2D eigenvalue weighted by Crippen LogP contribution is -2.19. The zero-order valence-corrected chi connectivity index (χ0v) is 22.5. The van der Waals surface area contributed by atoms with Gasteiger partial charge in [0.05, 0.1) is 5.52 Å². The summed E-state index contributed by atoms with van der Waals surface area (Å²) < 4.78 is 0. The predicted molar refractivity (Wildman–Crippen MR) is 154 cm³/mol. The van der Waals surface area contributed by atoms with Gasteiger partial charge in [-0.3, -0.25) is 4.98 Å². The Morgan fingerprint density at radius 3 is 2.06 bits per heavy atom. The van der Waals surface area contributed by atoms with Gasteiger partial charge in [0.15, 0.2) is 5.65 Å². The number of anilines is 3. The first kappa shape index (κ1) is 25.7. The van der Waals surface area contributed by atoms with Gasteiger partial charge in [0.2, 0.25) is 0 Å². The van der Waals surface area contributed by atoms with E-state index in [1.165, 1.54) is 23.9 Å². The number of rotatable bonds is 6. The zero-order chi connectivity index (χ0) is 25.7. The molecule has 3 aromatic heterocycles. The standard InChI is InChI=1S/C15H20N4.C15H20N2/c1-11(2)17-13-7-8-16-15-12(13)5-6-14(18-15)19-9-3-4-10-19;1-10(2)13-9-8-12-14(16-11(3)4)6-5-7-15(12)17-13/h5-8,11H,3-4,9-10H2,1-2H3,(H,16,17,18);5-11,16H,1-4H3. The quantitative estimate of drug-likeness (QED) is 0.301. The molecular formula is C30H40N6. The van der Waals surface area contributed by atoms with Crippen molar-refractivity contribution in [2.75, 3.05) is 28.6 Å². The summed E-state index contributed by atoms with van der Waals surface area (Å²) in [5.74, 6) is 1.53. The van der Waals surface area contributed by atoms with Crippen molar-refractivity contribution in [3.8, 4) is 0 Å². The van der Waals surface area contributed by atoms with Gasteiger partial charge < -0.3 is 15.5 Å². The molecule has 0 unspecified atom stereocenters. The van der Waals surface area contributed by atoms with E-state index in [2.05, 4.69) is 105 Å². The van der Waals surface area contributed by atoms with Crippen molar-refractivity contribution in [2.24, 2.45) is 0 Å². The molecule has 0 bridgehead atoms. The van der Waals surface area contributed by atoms with Gasteiger partial charge in [-0.1, -0.05) is 19.9 Å². The van der Waals surface area contributed by atoms with Gasteiger partial charge >= 0.3 is 0 Å². The summed E-state index contributed by atoms with van der Waals surface area (Å²) in [5.41, 5.74) is 5.33. The van der Waals surface area contributed by atoms with E-state index in [0.717, 1.165) is 46.8 Å².